The standard InChI is InChI=1S/C11H9ClIN3/c12-7-1-3-10(9(13)5-7)16-8-2-4-11(14)15-6-8/h1-6,16H,(H2,14,15). The van der Waals surface area contributed by atoms with E-state index in [4.69, 9.17) is 17.3 Å². The third-order valence-electron chi connectivity index (χ3n) is 2.00. The Labute approximate surface area is 112 Å². The van der Waals surface area contributed by atoms with E-state index in [-0.39, 0.29) is 0 Å². The van der Waals surface area contributed by atoms with Crippen molar-refractivity contribution in [3.8, 4) is 0 Å². The average molecular weight is 346 g/mol. The summed E-state index contributed by atoms with van der Waals surface area (Å²) in [4.78, 5) is 4.01. The molecule has 0 spiro atoms. The van der Waals surface area contributed by atoms with Crippen LogP contribution in [-0.2, 0) is 0 Å². The van der Waals surface area contributed by atoms with E-state index >= 15 is 0 Å². The Morgan fingerprint density at radius 2 is 2.06 bits per heavy atom. The zero-order valence-electron chi connectivity index (χ0n) is 8.24. The molecule has 0 aliphatic heterocycles. The summed E-state index contributed by atoms with van der Waals surface area (Å²) in [5.41, 5.74) is 7.41. The lowest BCUT2D eigenvalue weighted by Crippen LogP contribution is -1.95. The Hall–Kier alpha value is -1.01. The lowest BCUT2D eigenvalue weighted by atomic mass is 10.3. The van der Waals surface area contributed by atoms with Crippen molar-refractivity contribution in [3.05, 3.63) is 45.1 Å². The highest BCUT2D eigenvalue weighted by Gasteiger charge is 2.01. The van der Waals surface area contributed by atoms with Gasteiger partial charge in [0.1, 0.15) is 5.82 Å². The molecule has 0 amide bonds. The number of anilines is 3. The molecule has 3 N–H and O–H groups in total. The van der Waals surface area contributed by atoms with Crippen LogP contribution >= 0.6 is 34.2 Å². The van der Waals surface area contributed by atoms with Crippen LogP contribution in [-0.4, -0.2) is 4.98 Å². The van der Waals surface area contributed by atoms with Crippen molar-refractivity contribution in [1.82, 2.24) is 4.98 Å². The zero-order valence-corrected chi connectivity index (χ0v) is 11.2. The Balaban J connectivity index is 2.23. The Morgan fingerprint density at radius 1 is 1.25 bits per heavy atom. The molecule has 0 atom stereocenters. The SMILES string of the molecule is Nc1ccc(Nc2ccc(Cl)cc2I)cn1. The van der Waals surface area contributed by atoms with Crippen molar-refractivity contribution in [3.63, 3.8) is 0 Å². The molecule has 1 heterocycles. The fraction of sp³-hybridized carbons (Fsp3) is 0. The lowest BCUT2D eigenvalue weighted by Gasteiger charge is -2.08. The number of halogens is 2. The molecular formula is C11H9ClIN3. The maximum Gasteiger partial charge on any atom is 0.123 e. The fourth-order valence-corrected chi connectivity index (χ4v) is 2.23. The summed E-state index contributed by atoms with van der Waals surface area (Å²) in [5.74, 6) is 0.511. The van der Waals surface area contributed by atoms with Crippen molar-refractivity contribution in [2.24, 2.45) is 0 Å². The van der Waals surface area contributed by atoms with Crippen LogP contribution in [0.3, 0.4) is 0 Å². The second-order valence-electron chi connectivity index (χ2n) is 3.22. The topological polar surface area (TPSA) is 50.9 Å². The van der Waals surface area contributed by atoms with Crippen molar-refractivity contribution in [2.45, 2.75) is 0 Å². The van der Waals surface area contributed by atoms with E-state index in [1.54, 1.807) is 12.3 Å². The summed E-state index contributed by atoms with van der Waals surface area (Å²) in [7, 11) is 0. The highest BCUT2D eigenvalue weighted by Crippen LogP contribution is 2.25. The number of nitrogen functional groups attached to an aromatic ring is 1. The molecule has 5 heteroatoms. The molecule has 82 valence electrons. The van der Waals surface area contributed by atoms with Crippen LogP contribution in [0.25, 0.3) is 0 Å². The molecule has 0 bridgehead atoms. The van der Waals surface area contributed by atoms with Crippen LogP contribution in [0.1, 0.15) is 0 Å². The van der Waals surface area contributed by atoms with Gasteiger partial charge in [-0.25, -0.2) is 4.98 Å². The van der Waals surface area contributed by atoms with Crippen LogP contribution in [0.4, 0.5) is 17.2 Å². The summed E-state index contributed by atoms with van der Waals surface area (Å²) in [6.07, 6.45) is 1.69. The van der Waals surface area contributed by atoms with Crippen LogP contribution in [0.2, 0.25) is 5.02 Å². The number of nitrogens with one attached hydrogen (secondary N) is 1. The van der Waals surface area contributed by atoms with E-state index in [0.717, 1.165) is 20.0 Å². The van der Waals surface area contributed by atoms with Gasteiger partial charge < -0.3 is 11.1 Å². The second kappa shape index (κ2) is 4.88. The van der Waals surface area contributed by atoms with Gasteiger partial charge in [0.2, 0.25) is 0 Å². The van der Waals surface area contributed by atoms with Gasteiger partial charge in [0.25, 0.3) is 0 Å². The van der Waals surface area contributed by atoms with Gasteiger partial charge in [0, 0.05) is 8.59 Å². The molecule has 3 nitrogen and oxygen atoms in total. The predicted octanol–water partition coefficient (Wildman–Crippen LogP) is 3.67. The van der Waals surface area contributed by atoms with Gasteiger partial charge in [0.15, 0.2) is 0 Å². The Morgan fingerprint density at radius 3 is 2.69 bits per heavy atom. The van der Waals surface area contributed by atoms with E-state index in [9.17, 15) is 0 Å². The molecule has 0 saturated heterocycles. The molecule has 2 rings (SSSR count). The Kier molecular flexibility index (Phi) is 3.50. The lowest BCUT2D eigenvalue weighted by molar-refractivity contribution is 1.33. The number of rotatable bonds is 2. The van der Waals surface area contributed by atoms with E-state index in [2.05, 4.69) is 32.9 Å². The number of nitrogens with zero attached hydrogens (tertiary/aromatic N) is 1. The molecule has 16 heavy (non-hydrogen) atoms. The van der Waals surface area contributed by atoms with Gasteiger partial charge in [-0.2, -0.15) is 0 Å². The predicted molar refractivity (Wildman–Crippen MR) is 76.1 cm³/mol. The Bertz CT molecular complexity index is 499. The maximum atomic E-state index is 5.88. The van der Waals surface area contributed by atoms with E-state index < -0.39 is 0 Å². The van der Waals surface area contributed by atoms with Crippen LogP contribution < -0.4 is 11.1 Å². The minimum atomic E-state index is 0.511. The number of aromatic nitrogens is 1. The molecule has 0 saturated carbocycles. The molecule has 1 aromatic heterocycles. The van der Waals surface area contributed by atoms with E-state index in [0.29, 0.717) is 5.82 Å². The first kappa shape index (κ1) is 11.5. The molecule has 0 aliphatic rings. The van der Waals surface area contributed by atoms with Crippen LogP contribution in [0, 0.1) is 3.57 Å². The molecule has 0 unspecified atom stereocenters. The van der Waals surface area contributed by atoms with Gasteiger partial charge in [-0.15, -0.1) is 0 Å². The summed E-state index contributed by atoms with van der Waals surface area (Å²) in [6, 6.07) is 9.31. The number of pyridine rings is 1. The smallest absolute Gasteiger partial charge is 0.123 e. The van der Waals surface area contributed by atoms with Gasteiger partial charge in [0.05, 0.1) is 17.6 Å². The largest absolute Gasteiger partial charge is 0.384 e. The first-order chi connectivity index (χ1) is 7.65. The minimum Gasteiger partial charge on any atom is -0.384 e. The fourth-order valence-electron chi connectivity index (χ4n) is 1.23. The van der Waals surface area contributed by atoms with Crippen molar-refractivity contribution in [1.29, 1.82) is 0 Å². The van der Waals surface area contributed by atoms with Gasteiger partial charge in [-0.3, -0.25) is 0 Å². The summed E-state index contributed by atoms with van der Waals surface area (Å²) in [5, 5.41) is 3.97. The zero-order chi connectivity index (χ0) is 11.5. The monoisotopic (exact) mass is 345 g/mol. The number of benzene rings is 1. The third kappa shape index (κ3) is 2.76. The third-order valence-corrected chi connectivity index (χ3v) is 3.12. The number of nitrogens with two attached hydrogens (primary N) is 1. The van der Waals surface area contributed by atoms with Crippen molar-refractivity contribution in [2.75, 3.05) is 11.1 Å². The second-order valence-corrected chi connectivity index (χ2v) is 4.82. The molecule has 0 aliphatic carbocycles. The van der Waals surface area contributed by atoms with E-state index in [1.165, 1.54) is 0 Å². The van der Waals surface area contributed by atoms with Crippen LogP contribution in [0.15, 0.2) is 36.5 Å². The highest BCUT2D eigenvalue weighted by atomic mass is 127. The normalized spacial score (nSPS) is 10.1. The molecule has 2 aromatic rings. The van der Waals surface area contributed by atoms with Crippen molar-refractivity contribution >= 4 is 51.4 Å². The van der Waals surface area contributed by atoms with Gasteiger partial charge in [-0.1, -0.05) is 11.6 Å². The molecule has 0 radical (unpaired) electrons. The maximum absolute atomic E-state index is 5.88. The molecule has 0 fully saturated rings. The highest BCUT2D eigenvalue weighted by molar-refractivity contribution is 14.1. The quantitative estimate of drug-likeness (QED) is 0.817. The summed E-state index contributed by atoms with van der Waals surface area (Å²) < 4.78 is 1.06. The number of hydrogen-bond acceptors (Lipinski definition) is 3. The van der Waals surface area contributed by atoms with Gasteiger partial charge >= 0.3 is 0 Å². The van der Waals surface area contributed by atoms with Crippen LogP contribution in [0.5, 0.6) is 0 Å². The van der Waals surface area contributed by atoms with Crippen molar-refractivity contribution < 1.29 is 0 Å². The molecule has 1 aromatic carbocycles. The van der Waals surface area contributed by atoms with E-state index in [1.807, 2.05) is 24.3 Å². The summed E-state index contributed by atoms with van der Waals surface area (Å²) >= 11 is 8.11. The molecular weight excluding hydrogens is 336 g/mol. The van der Waals surface area contributed by atoms with Gasteiger partial charge in [-0.05, 0) is 52.9 Å². The number of hydrogen-bond donors (Lipinski definition) is 2. The average Bonchev–Trinajstić information content (AvgIpc) is 2.25. The minimum absolute atomic E-state index is 0.511. The first-order valence-corrected chi connectivity index (χ1v) is 6.04. The first-order valence-electron chi connectivity index (χ1n) is 4.59. The summed E-state index contributed by atoms with van der Waals surface area (Å²) in [6.45, 7) is 0.